The lowest BCUT2D eigenvalue weighted by Gasteiger charge is -2.09. The van der Waals surface area contributed by atoms with E-state index < -0.39 is 9.85 Å². The molecule has 13 nitrogen and oxygen atoms in total. The fraction of sp³-hybridized carbons (Fsp3) is 0. The first kappa shape index (κ1) is 24.4. The van der Waals surface area contributed by atoms with E-state index in [1.165, 1.54) is 30.6 Å². The zero-order chi connectivity index (χ0) is 26.0. The van der Waals surface area contributed by atoms with E-state index in [4.69, 9.17) is 0 Å². The molecular formula is C24H19N9O4. The number of nitrogens with one attached hydrogen (secondary N) is 3. The van der Waals surface area contributed by atoms with E-state index >= 15 is 0 Å². The number of non-ortho nitro benzene ring substituents is 1. The quantitative estimate of drug-likeness (QED) is 0.156. The molecule has 0 spiro atoms. The topological polar surface area (TPSA) is 173 Å². The molecule has 0 fully saturated rings. The van der Waals surface area contributed by atoms with Crippen molar-refractivity contribution in [2.45, 2.75) is 0 Å². The van der Waals surface area contributed by atoms with Crippen LogP contribution in [0.15, 0.2) is 95.1 Å². The van der Waals surface area contributed by atoms with Crippen LogP contribution >= 0.6 is 0 Å². The maximum Gasteiger partial charge on any atom is 0.278 e. The molecule has 0 aliphatic carbocycles. The van der Waals surface area contributed by atoms with Crippen LogP contribution in [0.5, 0.6) is 0 Å². The minimum Gasteiger partial charge on any atom is -0.340 e. The third-order valence-corrected chi connectivity index (χ3v) is 4.77. The van der Waals surface area contributed by atoms with Crippen LogP contribution in [0.25, 0.3) is 0 Å². The lowest BCUT2D eigenvalue weighted by atomic mass is 10.2. The van der Waals surface area contributed by atoms with E-state index in [1.807, 2.05) is 30.3 Å². The number of hydrogen-bond donors (Lipinski definition) is 3. The summed E-state index contributed by atoms with van der Waals surface area (Å²) in [6, 6.07) is 23.0. The molecule has 0 aliphatic heterocycles. The molecule has 37 heavy (non-hydrogen) atoms. The second kappa shape index (κ2) is 11.6. The van der Waals surface area contributed by atoms with Gasteiger partial charge in [-0.05, 0) is 35.9 Å². The van der Waals surface area contributed by atoms with Crippen molar-refractivity contribution in [1.82, 2.24) is 9.97 Å². The highest BCUT2D eigenvalue weighted by molar-refractivity contribution is 5.85. The van der Waals surface area contributed by atoms with Crippen LogP contribution in [-0.2, 0) is 0 Å². The summed E-state index contributed by atoms with van der Waals surface area (Å²) in [5.74, 6) is 0.844. The molecule has 3 N–H and O–H groups in total. The first-order valence-electron chi connectivity index (χ1n) is 10.7. The maximum absolute atomic E-state index is 11.2. The molecule has 0 aliphatic rings. The number of hydrogen-bond acceptors (Lipinski definition) is 11. The van der Waals surface area contributed by atoms with Crippen LogP contribution in [0.2, 0.25) is 0 Å². The monoisotopic (exact) mass is 497 g/mol. The highest BCUT2D eigenvalue weighted by Gasteiger charge is 2.10. The average molecular weight is 497 g/mol. The molecule has 0 radical (unpaired) electrons. The maximum atomic E-state index is 11.2. The summed E-state index contributed by atoms with van der Waals surface area (Å²) >= 11 is 0. The second-order valence-corrected chi connectivity index (χ2v) is 7.36. The summed E-state index contributed by atoms with van der Waals surface area (Å²) in [6.45, 7) is 0. The van der Waals surface area contributed by atoms with Gasteiger partial charge in [-0.25, -0.2) is 5.43 Å². The fourth-order valence-corrected chi connectivity index (χ4v) is 3.07. The van der Waals surface area contributed by atoms with Crippen molar-refractivity contribution >= 4 is 47.1 Å². The fourth-order valence-electron chi connectivity index (χ4n) is 3.07. The Hall–Kier alpha value is -5.72. The smallest absolute Gasteiger partial charge is 0.278 e. The lowest BCUT2D eigenvalue weighted by Crippen LogP contribution is -2.04. The number of nitrogens with zero attached hydrogens (tertiary/aromatic N) is 6. The molecule has 0 unspecified atom stereocenters. The van der Waals surface area contributed by atoms with Crippen molar-refractivity contribution < 1.29 is 9.85 Å². The molecule has 0 atom stereocenters. The van der Waals surface area contributed by atoms with Crippen molar-refractivity contribution in [2.24, 2.45) is 10.2 Å². The van der Waals surface area contributed by atoms with Crippen molar-refractivity contribution in [2.75, 3.05) is 16.2 Å². The van der Waals surface area contributed by atoms with Crippen LogP contribution in [0.4, 0.5) is 34.6 Å². The van der Waals surface area contributed by atoms with Crippen LogP contribution in [0.3, 0.4) is 0 Å². The van der Waals surface area contributed by atoms with Gasteiger partial charge in [0.1, 0.15) is 5.82 Å². The van der Waals surface area contributed by atoms with Gasteiger partial charge in [0.15, 0.2) is 5.82 Å². The zero-order valence-corrected chi connectivity index (χ0v) is 19.1. The number of hydrazone groups is 2. The number of rotatable bonds is 10. The van der Waals surface area contributed by atoms with Gasteiger partial charge in [-0.2, -0.15) is 20.2 Å². The van der Waals surface area contributed by atoms with Gasteiger partial charge in [-0.1, -0.05) is 30.3 Å². The highest BCUT2D eigenvalue weighted by atomic mass is 16.6. The van der Waals surface area contributed by atoms with Crippen LogP contribution < -0.4 is 16.2 Å². The summed E-state index contributed by atoms with van der Waals surface area (Å²) in [7, 11) is 0. The Labute approximate surface area is 209 Å². The number of anilines is 4. The first-order chi connectivity index (χ1) is 18.0. The summed E-state index contributed by atoms with van der Waals surface area (Å²) in [6.07, 6.45) is 2.79. The van der Waals surface area contributed by atoms with Gasteiger partial charge < -0.3 is 5.32 Å². The Morgan fingerprint density at radius 2 is 1.41 bits per heavy atom. The van der Waals surface area contributed by atoms with Crippen molar-refractivity contribution in [3.63, 3.8) is 0 Å². The van der Waals surface area contributed by atoms with Crippen molar-refractivity contribution in [1.29, 1.82) is 0 Å². The largest absolute Gasteiger partial charge is 0.340 e. The van der Waals surface area contributed by atoms with Gasteiger partial charge in [0.2, 0.25) is 5.95 Å². The third-order valence-electron chi connectivity index (χ3n) is 4.77. The Morgan fingerprint density at radius 1 is 0.730 bits per heavy atom. The molecule has 4 rings (SSSR count). The molecule has 4 aromatic rings. The molecule has 1 heterocycles. The molecular weight excluding hydrogens is 478 g/mol. The van der Waals surface area contributed by atoms with E-state index in [2.05, 4.69) is 36.3 Å². The first-order valence-corrected chi connectivity index (χ1v) is 10.7. The number of nitro groups is 2. The van der Waals surface area contributed by atoms with E-state index in [0.717, 1.165) is 5.69 Å². The van der Waals surface area contributed by atoms with Gasteiger partial charge in [0.25, 0.3) is 11.4 Å². The van der Waals surface area contributed by atoms with Crippen LogP contribution in [-0.4, -0.2) is 32.2 Å². The minimum absolute atomic E-state index is 0.0188. The van der Waals surface area contributed by atoms with Crippen LogP contribution in [0, 0.1) is 20.2 Å². The Kier molecular flexibility index (Phi) is 7.66. The molecule has 13 heteroatoms. The van der Waals surface area contributed by atoms with Crippen LogP contribution in [0.1, 0.15) is 11.1 Å². The SMILES string of the molecule is O=[N+]([O-])c1ccc(C=NNc2cc(Nc3ccccc3)nc(NN=Cc3ccccc3[N+](=O)[O-])n2)cc1. The number of para-hydroxylation sites is 2. The number of nitro benzene ring substituents is 2. The predicted octanol–water partition coefficient (Wildman–Crippen LogP) is 4.93. The molecule has 0 bridgehead atoms. The van der Waals surface area contributed by atoms with E-state index in [-0.39, 0.29) is 17.3 Å². The Morgan fingerprint density at radius 3 is 2.14 bits per heavy atom. The van der Waals surface area contributed by atoms with Gasteiger partial charge in [0.05, 0.1) is 27.8 Å². The molecule has 184 valence electrons. The standard InChI is InChI=1S/C24H19N9O4/c34-32(35)20-12-10-17(11-13-20)15-25-30-23-14-22(27-19-7-2-1-3-8-19)28-24(29-23)31-26-16-18-6-4-5-9-21(18)33(36)37/h1-16H,(H3,27,28,29,30,31). The molecule has 0 saturated heterocycles. The Balaban J connectivity index is 1.53. The van der Waals surface area contributed by atoms with Gasteiger partial charge in [-0.15, -0.1) is 0 Å². The van der Waals surface area contributed by atoms with Crippen molar-refractivity contribution in [3.05, 3.63) is 116 Å². The average Bonchev–Trinajstić information content (AvgIpc) is 2.90. The van der Waals surface area contributed by atoms with E-state index in [9.17, 15) is 20.2 Å². The van der Waals surface area contributed by atoms with Crippen molar-refractivity contribution in [3.8, 4) is 0 Å². The number of aromatic nitrogens is 2. The molecule has 1 aromatic heterocycles. The van der Waals surface area contributed by atoms with Gasteiger partial charge in [-0.3, -0.25) is 25.7 Å². The third kappa shape index (κ3) is 6.89. The second-order valence-electron chi connectivity index (χ2n) is 7.36. The molecule has 3 aromatic carbocycles. The van der Waals surface area contributed by atoms with E-state index in [0.29, 0.717) is 22.8 Å². The van der Waals surface area contributed by atoms with Gasteiger partial charge >= 0.3 is 0 Å². The number of benzene rings is 3. The highest BCUT2D eigenvalue weighted by Crippen LogP contribution is 2.20. The van der Waals surface area contributed by atoms with E-state index in [1.54, 1.807) is 36.4 Å². The summed E-state index contributed by atoms with van der Waals surface area (Å²) in [4.78, 5) is 29.7. The summed E-state index contributed by atoms with van der Waals surface area (Å²) < 4.78 is 0. The lowest BCUT2D eigenvalue weighted by molar-refractivity contribution is -0.385. The van der Waals surface area contributed by atoms with Gasteiger partial charge in [0, 0.05) is 30.0 Å². The Bertz CT molecular complexity index is 1460. The summed E-state index contributed by atoms with van der Waals surface area (Å²) in [5, 5.41) is 33.3. The minimum atomic E-state index is -0.493. The normalized spacial score (nSPS) is 10.9. The predicted molar refractivity (Wildman–Crippen MR) is 140 cm³/mol. The summed E-state index contributed by atoms with van der Waals surface area (Å²) in [5.41, 5.74) is 7.11. The molecule has 0 amide bonds. The zero-order valence-electron chi connectivity index (χ0n) is 19.1. The molecule has 0 saturated carbocycles.